The second-order valence-corrected chi connectivity index (χ2v) is 7.06. The molecule has 0 aliphatic carbocycles. The van der Waals surface area contributed by atoms with Crippen molar-refractivity contribution >= 4 is 23.3 Å². The Morgan fingerprint density at radius 2 is 2.04 bits per heavy atom. The minimum absolute atomic E-state index is 0.0603. The number of hydrogen-bond acceptors (Lipinski definition) is 5. The van der Waals surface area contributed by atoms with Crippen LogP contribution < -0.4 is 5.32 Å². The molecule has 2 rings (SSSR count). The Balaban J connectivity index is 1.69. The predicted octanol–water partition coefficient (Wildman–Crippen LogP) is 2.43. The van der Waals surface area contributed by atoms with Gasteiger partial charge in [-0.3, -0.25) is 4.79 Å². The third-order valence-corrected chi connectivity index (χ3v) is 5.16. The number of nitrogens with zero attached hydrogens (tertiary/aromatic N) is 2. The number of piperidine rings is 1. The third kappa shape index (κ3) is 5.20. The summed E-state index contributed by atoms with van der Waals surface area (Å²) in [6, 6.07) is 0.146. The molecular weight excluding hydrogens is 314 g/mol. The van der Waals surface area contributed by atoms with Crippen LogP contribution in [0.5, 0.6) is 0 Å². The van der Waals surface area contributed by atoms with Gasteiger partial charge in [-0.05, 0) is 33.6 Å². The van der Waals surface area contributed by atoms with Crippen molar-refractivity contribution < 1.29 is 14.3 Å². The Hall–Kier alpha value is -1.63. The highest BCUT2D eigenvalue weighted by atomic mass is 32.1. The van der Waals surface area contributed by atoms with Crippen molar-refractivity contribution in [2.45, 2.75) is 52.5 Å². The fraction of sp³-hybridized carbons (Fsp3) is 0.688. The van der Waals surface area contributed by atoms with E-state index in [4.69, 9.17) is 4.74 Å². The number of aromatic nitrogens is 1. The van der Waals surface area contributed by atoms with Gasteiger partial charge in [0.25, 0.3) is 0 Å². The summed E-state index contributed by atoms with van der Waals surface area (Å²) in [7, 11) is 0. The van der Waals surface area contributed by atoms with Crippen molar-refractivity contribution in [2.24, 2.45) is 0 Å². The molecule has 0 radical (unpaired) electrons. The van der Waals surface area contributed by atoms with Gasteiger partial charge >= 0.3 is 6.09 Å². The zero-order valence-electron chi connectivity index (χ0n) is 14.1. The van der Waals surface area contributed by atoms with Crippen molar-refractivity contribution in [3.05, 3.63) is 15.6 Å². The van der Waals surface area contributed by atoms with Gasteiger partial charge in [0.1, 0.15) is 0 Å². The predicted molar refractivity (Wildman–Crippen MR) is 89.7 cm³/mol. The molecule has 2 amide bonds. The molecule has 1 aliphatic heterocycles. The molecule has 0 atom stereocenters. The molecule has 0 bridgehead atoms. The molecular formula is C16H25N3O3S. The fourth-order valence-corrected chi connectivity index (χ4v) is 3.52. The molecule has 2 heterocycles. The number of aryl methyl sites for hydroxylation is 3. The second kappa shape index (κ2) is 8.29. The minimum atomic E-state index is -0.258. The van der Waals surface area contributed by atoms with Crippen LogP contribution in [-0.4, -0.2) is 47.6 Å². The summed E-state index contributed by atoms with van der Waals surface area (Å²) in [5, 5.41) is 4.08. The van der Waals surface area contributed by atoms with E-state index in [9.17, 15) is 9.59 Å². The lowest BCUT2D eigenvalue weighted by Gasteiger charge is -2.31. The first-order valence-electron chi connectivity index (χ1n) is 8.13. The molecule has 0 aromatic carbocycles. The molecule has 23 heavy (non-hydrogen) atoms. The van der Waals surface area contributed by atoms with E-state index in [0.29, 0.717) is 32.5 Å². The van der Waals surface area contributed by atoms with E-state index in [1.807, 2.05) is 13.8 Å². The average Bonchev–Trinajstić information content (AvgIpc) is 2.85. The molecule has 128 valence electrons. The third-order valence-electron chi connectivity index (χ3n) is 4.02. The van der Waals surface area contributed by atoms with Gasteiger partial charge in [-0.25, -0.2) is 9.78 Å². The highest BCUT2D eigenvalue weighted by Crippen LogP contribution is 2.18. The Morgan fingerprint density at radius 1 is 1.35 bits per heavy atom. The molecule has 1 saturated heterocycles. The van der Waals surface area contributed by atoms with Crippen LogP contribution in [0.15, 0.2) is 0 Å². The van der Waals surface area contributed by atoms with Crippen LogP contribution in [0.3, 0.4) is 0 Å². The van der Waals surface area contributed by atoms with Crippen molar-refractivity contribution in [1.29, 1.82) is 0 Å². The first-order valence-corrected chi connectivity index (χ1v) is 8.95. The van der Waals surface area contributed by atoms with Gasteiger partial charge in [-0.2, -0.15) is 0 Å². The number of hydrogen-bond donors (Lipinski definition) is 1. The number of nitrogens with one attached hydrogen (secondary N) is 1. The number of carbonyl (C=O) groups is 2. The van der Waals surface area contributed by atoms with E-state index in [-0.39, 0.29) is 18.0 Å². The number of thiazole rings is 1. The van der Waals surface area contributed by atoms with Gasteiger partial charge in [0.15, 0.2) is 0 Å². The fourth-order valence-electron chi connectivity index (χ4n) is 2.59. The van der Waals surface area contributed by atoms with E-state index >= 15 is 0 Å². The van der Waals surface area contributed by atoms with E-state index in [1.54, 1.807) is 23.2 Å². The normalized spacial score (nSPS) is 15.5. The Morgan fingerprint density at radius 3 is 2.61 bits per heavy atom. The summed E-state index contributed by atoms with van der Waals surface area (Å²) in [6.45, 7) is 7.51. The lowest BCUT2D eigenvalue weighted by molar-refractivity contribution is -0.122. The summed E-state index contributed by atoms with van der Waals surface area (Å²) >= 11 is 1.66. The molecule has 6 nitrogen and oxygen atoms in total. The Kier molecular flexibility index (Phi) is 6.38. The molecule has 1 aromatic heterocycles. The van der Waals surface area contributed by atoms with Gasteiger partial charge in [-0.15, -0.1) is 11.3 Å². The van der Waals surface area contributed by atoms with E-state index < -0.39 is 0 Å². The van der Waals surface area contributed by atoms with E-state index in [0.717, 1.165) is 23.5 Å². The van der Waals surface area contributed by atoms with Crippen LogP contribution in [0.2, 0.25) is 0 Å². The maximum Gasteiger partial charge on any atom is 0.409 e. The monoisotopic (exact) mass is 339 g/mol. The maximum absolute atomic E-state index is 12.1. The second-order valence-electron chi connectivity index (χ2n) is 5.78. The Labute approximate surface area is 141 Å². The molecule has 1 aromatic rings. The minimum Gasteiger partial charge on any atom is -0.450 e. The average molecular weight is 339 g/mol. The smallest absolute Gasteiger partial charge is 0.409 e. The lowest BCUT2D eigenvalue weighted by Crippen LogP contribution is -2.46. The highest BCUT2D eigenvalue weighted by Gasteiger charge is 2.24. The molecule has 1 N–H and O–H groups in total. The SMILES string of the molecule is CCOC(=O)N1CCC(NC(=O)CCc2nc(C)c(C)s2)CC1. The van der Waals surface area contributed by atoms with Gasteiger partial charge in [0.05, 0.1) is 17.3 Å². The zero-order chi connectivity index (χ0) is 16.8. The Bertz CT molecular complexity index is 531. The summed E-state index contributed by atoms with van der Waals surface area (Å²) in [6.07, 6.45) is 2.45. The highest BCUT2D eigenvalue weighted by molar-refractivity contribution is 7.11. The van der Waals surface area contributed by atoms with Crippen molar-refractivity contribution in [2.75, 3.05) is 19.7 Å². The van der Waals surface area contributed by atoms with Crippen LogP contribution in [0.25, 0.3) is 0 Å². The summed E-state index contributed by atoms with van der Waals surface area (Å²) in [4.78, 5) is 31.1. The van der Waals surface area contributed by atoms with Crippen molar-refractivity contribution in [1.82, 2.24) is 15.2 Å². The summed E-state index contributed by atoms with van der Waals surface area (Å²) in [5.41, 5.74) is 1.05. The molecule has 0 unspecified atom stereocenters. The van der Waals surface area contributed by atoms with Crippen LogP contribution in [-0.2, 0) is 16.0 Å². The zero-order valence-corrected chi connectivity index (χ0v) is 14.9. The number of likely N-dealkylation sites (tertiary alicyclic amines) is 1. The summed E-state index contributed by atoms with van der Waals surface area (Å²) < 4.78 is 4.99. The van der Waals surface area contributed by atoms with Crippen LogP contribution >= 0.6 is 11.3 Å². The van der Waals surface area contributed by atoms with Crippen LogP contribution in [0.1, 0.15) is 41.8 Å². The first kappa shape index (κ1) is 17.7. The van der Waals surface area contributed by atoms with Gasteiger partial charge in [0.2, 0.25) is 5.91 Å². The maximum atomic E-state index is 12.1. The topological polar surface area (TPSA) is 71.5 Å². The van der Waals surface area contributed by atoms with Crippen LogP contribution in [0, 0.1) is 13.8 Å². The van der Waals surface area contributed by atoms with Gasteiger partial charge in [0, 0.05) is 36.9 Å². The largest absolute Gasteiger partial charge is 0.450 e. The van der Waals surface area contributed by atoms with Crippen molar-refractivity contribution in [3.63, 3.8) is 0 Å². The van der Waals surface area contributed by atoms with E-state index in [2.05, 4.69) is 10.3 Å². The molecule has 7 heteroatoms. The number of rotatable bonds is 5. The standard InChI is InChI=1S/C16H25N3O3S/c1-4-22-16(21)19-9-7-13(8-10-19)18-14(20)5-6-15-17-11(2)12(3)23-15/h13H,4-10H2,1-3H3,(H,18,20). The van der Waals surface area contributed by atoms with E-state index in [1.165, 1.54) is 4.88 Å². The number of ether oxygens (including phenoxy) is 1. The van der Waals surface area contributed by atoms with Crippen molar-refractivity contribution in [3.8, 4) is 0 Å². The van der Waals surface area contributed by atoms with Gasteiger partial charge in [-0.1, -0.05) is 0 Å². The quantitative estimate of drug-likeness (QED) is 0.894. The van der Waals surface area contributed by atoms with Gasteiger partial charge < -0.3 is 15.0 Å². The summed E-state index contributed by atoms with van der Waals surface area (Å²) in [5.74, 6) is 0.0603. The molecule has 0 spiro atoms. The number of carbonyl (C=O) groups excluding carboxylic acids is 2. The first-order chi connectivity index (χ1) is 11.0. The molecule has 1 aliphatic rings. The van der Waals surface area contributed by atoms with Crippen LogP contribution in [0.4, 0.5) is 4.79 Å². The number of amides is 2. The lowest BCUT2D eigenvalue weighted by atomic mass is 10.1. The molecule has 1 fully saturated rings. The molecule has 0 saturated carbocycles.